The van der Waals surface area contributed by atoms with Gasteiger partial charge in [0.2, 0.25) is 4.45 Å². The van der Waals surface area contributed by atoms with Gasteiger partial charge >= 0.3 is 0 Å². The van der Waals surface area contributed by atoms with Crippen molar-refractivity contribution in [1.82, 2.24) is 0 Å². The molecule has 14 heavy (non-hydrogen) atoms. The highest BCUT2D eigenvalue weighted by Gasteiger charge is 2.45. The summed E-state index contributed by atoms with van der Waals surface area (Å²) in [5.74, 6) is 0. The molecule has 1 aromatic carbocycles. The Balaban J connectivity index is 2.59. The number of aliphatic imine (C=N–C) groups is 1. The van der Waals surface area contributed by atoms with Crippen molar-refractivity contribution in [3.63, 3.8) is 0 Å². The first-order valence-corrected chi connectivity index (χ1v) is 5.40. The Morgan fingerprint density at radius 2 is 1.86 bits per heavy atom. The van der Waals surface area contributed by atoms with Gasteiger partial charge in [0.1, 0.15) is 0 Å². The van der Waals surface area contributed by atoms with Gasteiger partial charge in [0.25, 0.3) is 0 Å². The normalized spacial score (nSPS) is 25.1. The predicted molar refractivity (Wildman–Crippen MR) is 63.2 cm³/mol. The summed E-state index contributed by atoms with van der Waals surface area (Å²) < 4.78 is 0.608. The van der Waals surface area contributed by atoms with Crippen LogP contribution in [0.4, 0.5) is 5.69 Å². The van der Waals surface area contributed by atoms with Crippen LogP contribution in [0.3, 0.4) is 0 Å². The summed E-state index contributed by atoms with van der Waals surface area (Å²) in [4.78, 5) is 4.43. The van der Waals surface area contributed by atoms with E-state index in [-0.39, 0.29) is 4.45 Å². The molecule has 3 heteroatoms. The Morgan fingerprint density at radius 3 is 2.50 bits per heavy atom. The van der Waals surface area contributed by atoms with Crippen molar-refractivity contribution >= 4 is 27.8 Å². The SMILES string of the molecule is C[N+](C)(C)C1(Br)C=Nc2ccccc21. The van der Waals surface area contributed by atoms with Crippen LogP contribution in [0.5, 0.6) is 0 Å². The highest BCUT2D eigenvalue weighted by atomic mass is 79.9. The van der Waals surface area contributed by atoms with E-state index in [0.717, 1.165) is 10.2 Å². The second kappa shape index (κ2) is 2.91. The largest absolute Gasteiger partial charge is 0.309 e. The van der Waals surface area contributed by atoms with E-state index in [1.54, 1.807) is 0 Å². The summed E-state index contributed by atoms with van der Waals surface area (Å²) in [7, 11) is 6.47. The van der Waals surface area contributed by atoms with Crippen LogP contribution in [0.1, 0.15) is 5.56 Å². The van der Waals surface area contributed by atoms with E-state index >= 15 is 0 Å². The molecule has 1 atom stereocenters. The highest BCUT2D eigenvalue weighted by molar-refractivity contribution is 9.10. The molecular formula is C11H14BrN2+. The van der Waals surface area contributed by atoms with E-state index in [4.69, 9.17) is 0 Å². The fourth-order valence-corrected chi connectivity index (χ4v) is 2.08. The standard InChI is InChI=1S/C11H14BrN2/c1-14(2,3)11(12)8-13-10-7-5-4-6-9(10)11/h4-8H,1-3H3/q+1. The number of fused-ring (bicyclic) bond motifs is 1. The molecule has 2 nitrogen and oxygen atoms in total. The van der Waals surface area contributed by atoms with Gasteiger partial charge in [-0.2, -0.15) is 0 Å². The van der Waals surface area contributed by atoms with Gasteiger partial charge in [-0.15, -0.1) is 0 Å². The summed E-state index contributed by atoms with van der Waals surface area (Å²) in [6.07, 6.45) is 1.98. The van der Waals surface area contributed by atoms with Crippen molar-refractivity contribution < 1.29 is 4.48 Å². The van der Waals surface area contributed by atoms with E-state index in [0.29, 0.717) is 0 Å². The molecule has 0 saturated heterocycles. The maximum absolute atomic E-state index is 4.43. The Kier molecular flexibility index (Phi) is 2.05. The quantitative estimate of drug-likeness (QED) is 0.415. The zero-order valence-electron chi connectivity index (χ0n) is 8.66. The van der Waals surface area contributed by atoms with Gasteiger partial charge in [-0.05, 0) is 28.1 Å². The Bertz CT molecular complexity index is 393. The second-order valence-electron chi connectivity index (χ2n) is 4.46. The summed E-state index contributed by atoms with van der Waals surface area (Å²) in [5.41, 5.74) is 2.31. The lowest BCUT2D eigenvalue weighted by Gasteiger charge is -2.37. The lowest BCUT2D eigenvalue weighted by atomic mass is 10.1. The number of nitrogens with zero attached hydrogens (tertiary/aromatic N) is 2. The Labute approximate surface area is 93.0 Å². The molecule has 0 radical (unpaired) electrons. The number of quaternary nitrogens is 1. The van der Waals surface area contributed by atoms with Crippen molar-refractivity contribution in [1.29, 1.82) is 0 Å². The van der Waals surface area contributed by atoms with E-state index in [9.17, 15) is 0 Å². The summed E-state index contributed by atoms with van der Waals surface area (Å²) in [6.45, 7) is 0. The molecule has 74 valence electrons. The molecule has 0 amide bonds. The summed E-state index contributed by atoms with van der Waals surface area (Å²) >= 11 is 3.79. The van der Waals surface area contributed by atoms with Crippen LogP contribution in [0, 0.1) is 0 Å². The number of benzene rings is 1. The maximum Gasteiger partial charge on any atom is 0.217 e. The molecule has 0 aliphatic carbocycles. The number of rotatable bonds is 1. The molecule has 0 spiro atoms. The number of para-hydroxylation sites is 1. The van der Waals surface area contributed by atoms with Crippen molar-refractivity contribution in [2.75, 3.05) is 21.1 Å². The van der Waals surface area contributed by atoms with Crippen LogP contribution in [0.15, 0.2) is 29.3 Å². The Morgan fingerprint density at radius 1 is 1.21 bits per heavy atom. The minimum atomic E-state index is -0.177. The zero-order valence-corrected chi connectivity index (χ0v) is 10.2. The fourth-order valence-electron chi connectivity index (χ4n) is 1.64. The average Bonchev–Trinajstić information content (AvgIpc) is 2.45. The molecule has 1 unspecified atom stereocenters. The molecule has 2 rings (SSSR count). The number of hydrogen-bond acceptors (Lipinski definition) is 1. The third kappa shape index (κ3) is 1.23. The minimum Gasteiger partial charge on any atom is -0.309 e. The number of halogens is 1. The van der Waals surface area contributed by atoms with Crippen LogP contribution in [-0.2, 0) is 4.45 Å². The van der Waals surface area contributed by atoms with Gasteiger partial charge in [-0.1, -0.05) is 12.1 Å². The molecule has 0 N–H and O–H groups in total. The van der Waals surface area contributed by atoms with E-state index in [2.05, 4.69) is 54.2 Å². The van der Waals surface area contributed by atoms with Crippen molar-refractivity contribution in [3.05, 3.63) is 29.8 Å². The lowest BCUT2D eigenvalue weighted by Crippen LogP contribution is -2.50. The summed E-state index contributed by atoms with van der Waals surface area (Å²) in [6, 6.07) is 8.24. The van der Waals surface area contributed by atoms with Gasteiger partial charge in [0.05, 0.1) is 38.6 Å². The molecule has 0 bridgehead atoms. The first kappa shape index (κ1) is 9.87. The molecule has 0 fully saturated rings. The number of alkyl halides is 1. The first-order valence-electron chi connectivity index (χ1n) is 4.60. The average molecular weight is 254 g/mol. The lowest BCUT2D eigenvalue weighted by molar-refractivity contribution is -0.898. The third-order valence-electron chi connectivity index (χ3n) is 2.63. The van der Waals surface area contributed by atoms with Gasteiger partial charge in [-0.25, -0.2) is 0 Å². The van der Waals surface area contributed by atoms with Crippen LogP contribution >= 0.6 is 15.9 Å². The minimum absolute atomic E-state index is 0.177. The zero-order chi connectivity index (χ0) is 10.4. The van der Waals surface area contributed by atoms with Crippen molar-refractivity contribution in [2.45, 2.75) is 4.45 Å². The van der Waals surface area contributed by atoms with Crippen LogP contribution < -0.4 is 0 Å². The second-order valence-corrected chi connectivity index (χ2v) is 5.67. The molecule has 1 aromatic rings. The topological polar surface area (TPSA) is 12.4 Å². The summed E-state index contributed by atoms with van der Waals surface area (Å²) in [5, 5.41) is 0. The van der Waals surface area contributed by atoms with Crippen molar-refractivity contribution in [2.24, 2.45) is 4.99 Å². The molecule has 0 aromatic heterocycles. The van der Waals surface area contributed by atoms with Crippen LogP contribution in [0.2, 0.25) is 0 Å². The van der Waals surface area contributed by atoms with Gasteiger partial charge in [-0.3, -0.25) is 4.99 Å². The number of hydrogen-bond donors (Lipinski definition) is 0. The van der Waals surface area contributed by atoms with Gasteiger partial charge in [0.15, 0.2) is 0 Å². The third-order valence-corrected chi connectivity index (χ3v) is 4.33. The Hall–Kier alpha value is -0.670. The molecule has 1 heterocycles. The maximum atomic E-state index is 4.43. The molecular weight excluding hydrogens is 240 g/mol. The predicted octanol–water partition coefficient (Wildman–Crippen LogP) is 2.66. The van der Waals surface area contributed by atoms with Gasteiger partial charge in [0, 0.05) is 0 Å². The highest BCUT2D eigenvalue weighted by Crippen LogP contribution is 2.45. The van der Waals surface area contributed by atoms with E-state index in [1.807, 2.05) is 18.3 Å². The van der Waals surface area contributed by atoms with E-state index in [1.165, 1.54) is 5.56 Å². The van der Waals surface area contributed by atoms with Crippen LogP contribution in [-0.4, -0.2) is 31.8 Å². The molecule has 1 aliphatic rings. The monoisotopic (exact) mass is 253 g/mol. The fraction of sp³-hybridized carbons (Fsp3) is 0.364. The van der Waals surface area contributed by atoms with Gasteiger partial charge < -0.3 is 4.48 Å². The molecule has 1 aliphatic heterocycles. The molecule has 0 saturated carbocycles. The smallest absolute Gasteiger partial charge is 0.217 e. The van der Waals surface area contributed by atoms with Crippen molar-refractivity contribution in [3.8, 4) is 0 Å². The first-order chi connectivity index (χ1) is 6.45. The van der Waals surface area contributed by atoms with E-state index < -0.39 is 0 Å². The van der Waals surface area contributed by atoms with Crippen LogP contribution in [0.25, 0.3) is 0 Å².